The average molecular weight is 196 g/mol. The van der Waals surface area contributed by atoms with Gasteiger partial charge in [0.2, 0.25) is 5.91 Å². The minimum absolute atomic E-state index is 0.0822. The molecule has 1 aliphatic rings. The van der Waals surface area contributed by atoms with Gasteiger partial charge in [-0.3, -0.25) is 4.79 Å². The number of nitrogens with one attached hydrogen (secondary N) is 1. The first-order valence-electron chi connectivity index (χ1n) is 5.43. The third-order valence-corrected chi connectivity index (χ3v) is 2.67. The second kappa shape index (κ2) is 5.81. The average Bonchev–Trinajstić information content (AvgIpc) is 2.26. The van der Waals surface area contributed by atoms with Gasteiger partial charge in [0, 0.05) is 12.6 Å². The van der Waals surface area contributed by atoms with Gasteiger partial charge in [-0.2, -0.15) is 0 Å². The van der Waals surface area contributed by atoms with Crippen LogP contribution in [0.3, 0.4) is 0 Å². The van der Waals surface area contributed by atoms with E-state index in [1.54, 1.807) is 0 Å². The molecule has 1 amide bonds. The summed E-state index contributed by atoms with van der Waals surface area (Å²) in [6.07, 6.45) is 4.58. The topological polar surface area (TPSA) is 32.3 Å². The summed E-state index contributed by atoms with van der Waals surface area (Å²) in [6, 6.07) is 0.418. The van der Waals surface area contributed by atoms with Crippen molar-refractivity contribution >= 4 is 5.91 Å². The van der Waals surface area contributed by atoms with E-state index in [1.807, 2.05) is 4.90 Å². The standard InChI is InChI=1S/C11H20N2O/c1-3-9-13(11(14)4-2)10-5-7-12-8-6-10/h4,10,12H,2-3,5-9H2,1H3. The molecule has 0 aromatic rings. The van der Waals surface area contributed by atoms with Crippen LogP contribution >= 0.6 is 0 Å². The molecule has 1 saturated heterocycles. The summed E-state index contributed by atoms with van der Waals surface area (Å²) in [5.41, 5.74) is 0. The Morgan fingerprint density at radius 1 is 1.57 bits per heavy atom. The van der Waals surface area contributed by atoms with Crippen molar-refractivity contribution in [1.29, 1.82) is 0 Å². The van der Waals surface area contributed by atoms with Crippen molar-refractivity contribution in [3.63, 3.8) is 0 Å². The molecule has 0 unspecified atom stereocenters. The Kier molecular flexibility index (Phi) is 4.66. The summed E-state index contributed by atoms with van der Waals surface area (Å²) in [7, 11) is 0. The van der Waals surface area contributed by atoms with Crippen LogP contribution in [0.4, 0.5) is 0 Å². The SMILES string of the molecule is C=CC(=O)N(CCC)C1CCNCC1. The van der Waals surface area contributed by atoms with Crippen molar-refractivity contribution in [3.05, 3.63) is 12.7 Å². The van der Waals surface area contributed by atoms with Crippen molar-refractivity contribution in [1.82, 2.24) is 10.2 Å². The Labute approximate surface area is 86.2 Å². The van der Waals surface area contributed by atoms with E-state index in [0.29, 0.717) is 6.04 Å². The largest absolute Gasteiger partial charge is 0.336 e. The smallest absolute Gasteiger partial charge is 0.246 e. The molecule has 0 aliphatic carbocycles. The highest BCUT2D eigenvalue weighted by molar-refractivity contribution is 5.87. The Morgan fingerprint density at radius 3 is 2.71 bits per heavy atom. The third-order valence-electron chi connectivity index (χ3n) is 2.67. The molecular formula is C11H20N2O. The number of hydrogen-bond donors (Lipinski definition) is 1. The van der Waals surface area contributed by atoms with Gasteiger partial charge in [-0.05, 0) is 38.4 Å². The molecule has 1 rings (SSSR count). The van der Waals surface area contributed by atoms with Crippen LogP contribution in [0.5, 0.6) is 0 Å². The van der Waals surface area contributed by atoms with Crippen molar-refractivity contribution in [3.8, 4) is 0 Å². The first-order valence-corrected chi connectivity index (χ1v) is 5.43. The number of nitrogens with zero attached hydrogens (tertiary/aromatic N) is 1. The van der Waals surface area contributed by atoms with Gasteiger partial charge >= 0.3 is 0 Å². The Balaban J connectivity index is 2.55. The molecule has 1 fully saturated rings. The van der Waals surface area contributed by atoms with Crippen LogP contribution in [0, 0.1) is 0 Å². The number of hydrogen-bond acceptors (Lipinski definition) is 2. The molecular weight excluding hydrogens is 176 g/mol. The summed E-state index contributed by atoms with van der Waals surface area (Å²) in [6.45, 7) is 8.56. The van der Waals surface area contributed by atoms with Gasteiger partial charge in [0.15, 0.2) is 0 Å². The highest BCUT2D eigenvalue weighted by atomic mass is 16.2. The highest BCUT2D eigenvalue weighted by Gasteiger charge is 2.22. The Morgan fingerprint density at radius 2 is 2.21 bits per heavy atom. The lowest BCUT2D eigenvalue weighted by Gasteiger charge is -2.33. The normalized spacial score (nSPS) is 17.8. The van der Waals surface area contributed by atoms with E-state index >= 15 is 0 Å². The molecule has 0 aromatic heterocycles. The molecule has 0 atom stereocenters. The van der Waals surface area contributed by atoms with Gasteiger partial charge in [0.1, 0.15) is 0 Å². The molecule has 1 N–H and O–H groups in total. The van der Waals surface area contributed by atoms with E-state index in [-0.39, 0.29) is 5.91 Å². The van der Waals surface area contributed by atoms with Gasteiger partial charge in [-0.1, -0.05) is 13.5 Å². The fourth-order valence-corrected chi connectivity index (χ4v) is 1.95. The van der Waals surface area contributed by atoms with Crippen molar-refractivity contribution in [2.24, 2.45) is 0 Å². The third kappa shape index (κ3) is 2.84. The van der Waals surface area contributed by atoms with E-state index in [2.05, 4.69) is 18.8 Å². The first-order chi connectivity index (χ1) is 6.79. The number of rotatable bonds is 4. The molecule has 1 aliphatic heterocycles. The van der Waals surface area contributed by atoms with E-state index in [1.165, 1.54) is 6.08 Å². The lowest BCUT2D eigenvalue weighted by molar-refractivity contribution is -0.128. The predicted octanol–water partition coefficient (Wildman–Crippen LogP) is 1.16. The zero-order valence-corrected chi connectivity index (χ0v) is 8.96. The van der Waals surface area contributed by atoms with Crippen LogP contribution in [-0.2, 0) is 4.79 Å². The van der Waals surface area contributed by atoms with Gasteiger partial charge < -0.3 is 10.2 Å². The van der Waals surface area contributed by atoms with Crippen molar-refractivity contribution in [2.75, 3.05) is 19.6 Å². The summed E-state index contributed by atoms with van der Waals surface area (Å²) in [5.74, 6) is 0.0822. The molecule has 80 valence electrons. The minimum atomic E-state index is 0.0822. The lowest BCUT2D eigenvalue weighted by atomic mass is 10.0. The summed E-state index contributed by atoms with van der Waals surface area (Å²) in [4.78, 5) is 13.6. The molecule has 14 heavy (non-hydrogen) atoms. The number of carbonyl (C=O) groups excluding carboxylic acids is 1. The maximum atomic E-state index is 11.6. The number of piperidine rings is 1. The van der Waals surface area contributed by atoms with Crippen molar-refractivity contribution < 1.29 is 4.79 Å². The van der Waals surface area contributed by atoms with E-state index in [0.717, 1.165) is 38.9 Å². The molecule has 0 bridgehead atoms. The van der Waals surface area contributed by atoms with Gasteiger partial charge in [-0.25, -0.2) is 0 Å². The minimum Gasteiger partial charge on any atom is -0.336 e. The molecule has 0 spiro atoms. The van der Waals surface area contributed by atoms with Crippen molar-refractivity contribution in [2.45, 2.75) is 32.2 Å². The molecule has 0 aromatic carbocycles. The van der Waals surface area contributed by atoms with E-state index in [4.69, 9.17) is 0 Å². The lowest BCUT2D eigenvalue weighted by Crippen LogP contribution is -2.45. The number of amides is 1. The van der Waals surface area contributed by atoms with Crippen LogP contribution in [0.1, 0.15) is 26.2 Å². The van der Waals surface area contributed by atoms with Gasteiger partial charge in [0.25, 0.3) is 0 Å². The summed E-state index contributed by atoms with van der Waals surface area (Å²) < 4.78 is 0. The molecule has 1 heterocycles. The second-order valence-electron chi connectivity index (χ2n) is 3.72. The molecule has 3 heteroatoms. The Bertz CT molecular complexity index is 197. The van der Waals surface area contributed by atoms with Crippen LogP contribution in [0.2, 0.25) is 0 Å². The highest BCUT2D eigenvalue weighted by Crippen LogP contribution is 2.12. The zero-order valence-electron chi connectivity index (χ0n) is 8.96. The van der Waals surface area contributed by atoms with E-state index < -0.39 is 0 Å². The first kappa shape index (κ1) is 11.2. The zero-order chi connectivity index (χ0) is 10.4. The quantitative estimate of drug-likeness (QED) is 0.684. The molecule has 0 saturated carbocycles. The Hall–Kier alpha value is -0.830. The summed E-state index contributed by atoms with van der Waals surface area (Å²) >= 11 is 0. The van der Waals surface area contributed by atoms with Crippen LogP contribution in [0.25, 0.3) is 0 Å². The van der Waals surface area contributed by atoms with Gasteiger partial charge in [-0.15, -0.1) is 0 Å². The molecule has 3 nitrogen and oxygen atoms in total. The predicted molar refractivity (Wildman–Crippen MR) is 58.1 cm³/mol. The van der Waals surface area contributed by atoms with Crippen LogP contribution < -0.4 is 5.32 Å². The van der Waals surface area contributed by atoms with E-state index in [9.17, 15) is 4.79 Å². The monoisotopic (exact) mass is 196 g/mol. The second-order valence-corrected chi connectivity index (χ2v) is 3.72. The fraction of sp³-hybridized carbons (Fsp3) is 0.727. The summed E-state index contributed by atoms with van der Waals surface area (Å²) in [5, 5.41) is 3.30. The fourth-order valence-electron chi connectivity index (χ4n) is 1.95. The van der Waals surface area contributed by atoms with Crippen LogP contribution in [0.15, 0.2) is 12.7 Å². The number of carbonyl (C=O) groups is 1. The maximum absolute atomic E-state index is 11.6. The van der Waals surface area contributed by atoms with Gasteiger partial charge in [0.05, 0.1) is 0 Å². The van der Waals surface area contributed by atoms with Crippen LogP contribution in [-0.4, -0.2) is 36.5 Å². The maximum Gasteiger partial charge on any atom is 0.246 e. The molecule has 0 radical (unpaired) electrons.